The fourth-order valence-corrected chi connectivity index (χ4v) is 5.47. The van der Waals surface area contributed by atoms with Crippen molar-refractivity contribution in [3.63, 3.8) is 0 Å². The number of nitrogens with one attached hydrogen (secondary N) is 1. The van der Waals surface area contributed by atoms with E-state index in [2.05, 4.69) is 61.5 Å². The van der Waals surface area contributed by atoms with Crippen LogP contribution in [0.1, 0.15) is 18.4 Å². The Balaban J connectivity index is 1.18. The van der Waals surface area contributed by atoms with Gasteiger partial charge in [0.2, 0.25) is 5.91 Å². The molecule has 1 atom stereocenters. The van der Waals surface area contributed by atoms with Gasteiger partial charge in [-0.25, -0.2) is 9.97 Å². The molecular formula is C27H31N5O2S. The van der Waals surface area contributed by atoms with Gasteiger partial charge in [0.25, 0.3) is 0 Å². The van der Waals surface area contributed by atoms with Crippen molar-refractivity contribution in [2.24, 2.45) is 5.92 Å². The third-order valence-electron chi connectivity index (χ3n) is 6.48. The number of morpholine rings is 1. The highest BCUT2D eigenvalue weighted by molar-refractivity contribution is 7.99. The summed E-state index contributed by atoms with van der Waals surface area (Å²) in [4.78, 5) is 27.9. The van der Waals surface area contributed by atoms with Crippen molar-refractivity contribution in [2.45, 2.75) is 29.3 Å². The predicted octanol–water partition coefficient (Wildman–Crippen LogP) is 4.00. The molecule has 1 amide bonds. The molecule has 2 aliphatic heterocycles. The minimum atomic E-state index is -0.0621. The van der Waals surface area contributed by atoms with E-state index in [4.69, 9.17) is 4.74 Å². The van der Waals surface area contributed by atoms with Crippen LogP contribution in [0.15, 0.2) is 76.9 Å². The first-order valence-electron chi connectivity index (χ1n) is 12.2. The molecule has 1 aromatic heterocycles. The summed E-state index contributed by atoms with van der Waals surface area (Å²) in [6.07, 6.45) is 5.31. The number of anilines is 2. The molecule has 0 aliphatic carbocycles. The molecule has 2 saturated heterocycles. The lowest BCUT2D eigenvalue weighted by molar-refractivity contribution is -0.125. The Bertz CT molecular complexity index is 1110. The summed E-state index contributed by atoms with van der Waals surface area (Å²) in [5, 5.41) is 4.03. The van der Waals surface area contributed by atoms with Gasteiger partial charge in [0.05, 0.1) is 19.1 Å². The summed E-state index contributed by atoms with van der Waals surface area (Å²) in [5.74, 6) is 0.901. The van der Waals surface area contributed by atoms with Gasteiger partial charge >= 0.3 is 0 Å². The predicted molar refractivity (Wildman–Crippen MR) is 139 cm³/mol. The van der Waals surface area contributed by atoms with Crippen LogP contribution >= 0.6 is 11.8 Å². The Morgan fingerprint density at radius 1 is 0.971 bits per heavy atom. The fourth-order valence-electron chi connectivity index (χ4n) is 4.57. The normalized spacial score (nSPS) is 18.3. The third kappa shape index (κ3) is 6.13. The Labute approximate surface area is 210 Å². The largest absolute Gasteiger partial charge is 0.378 e. The van der Waals surface area contributed by atoms with Gasteiger partial charge in [-0.05, 0) is 42.7 Å². The van der Waals surface area contributed by atoms with Crippen molar-refractivity contribution in [3.05, 3.63) is 72.6 Å². The van der Waals surface area contributed by atoms with Gasteiger partial charge in [0.1, 0.15) is 5.03 Å². The Morgan fingerprint density at radius 2 is 1.74 bits per heavy atom. The van der Waals surface area contributed by atoms with Crippen LogP contribution in [0, 0.1) is 5.92 Å². The monoisotopic (exact) mass is 489 g/mol. The average molecular weight is 490 g/mol. The van der Waals surface area contributed by atoms with Crippen molar-refractivity contribution in [1.29, 1.82) is 0 Å². The van der Waals surface area contributed by atoms with Crippen molar-refractivity contribution in [3.8, 4) is 0 Å². The SMILES string of the molecule is O=C(NCc1ccc(N2CCOCC2)cc1)[C@@H]1CCCN(c2nccnc2Sc2ccccc2)C1. The maximum atomic E-state index is 13.0. The molecule has 182 valence electrons. The lowest BCUT2D eigenvalue weighted by Gasteiger charge is -2.33. The third-order valence-corrected chi connectivity index (χ3v) is 7.46. The van der Waals surface area contributed by atoms with Crippen LogP contribution in [0.25, 0.3) is 0 Å². The molecule has 2 aliphatic rings. The number of carbonyl (C=O) groups is 1. The van der Waals surface area contributed by atoms with E-state index in [0.717, 1.165) is 67.0 Å². The minimum Gasteiger partial charge on any atom is -0.378 e. The first-order valence-corrected chi connectivity index (χ1v) is 13.1. The van der Waals surface area contributed by atoms with Gasteiger partial charge in [-0.15, -0.1) is 0 Å². The van der Waals surface area contributed by atoms with E-state index in [1.807, 2.05) is 18.2 Å². The Kier molecular flexibility index (Phi) is 7.80. The van der Waals surface area contributed by atoms with Crippen molar-refractivity contribution in [1.82, 2.24) is 15.3 Å². The zero-order chi connectivity index (χ0) is 23.9. The molecule has 7 nitrogen and oxygen atoms in total. The number of hydrogen-bond donors (Lipinski definition) is 1. The minimum absolute atomic E-state index is 0.0621. The second kappa shape index (κ2) is 11.6. The topological polar surface area (TPSA) is 70.6 Å². The molecule has 2 fully saturated rings. The summed E-state index contributed by atoms with van der Waals surface area (Å²) >= 11 is 1.61. The summed E-state index contributed by atoms with van der Waals surface area (Å²) in [6.45, 7) is 5.47. The Morgan fingerprint density at radius 3 is 2.54 bits per heavy atom. The van der Waals surface area contributed by atoms with Crippen LogP contribution < -0.4 is 15.1 Å². The number of aromatic nitrogens is 2. The highest BCUT2D eigenvalue weighted by Crippen LogP contribution is 2.33. The summed E-state index contributed by atoms with van der Waals surface area (Å²) in [6, 6.07) is 18.7. The van der Waals surface area contributed by atoms with Gasteiger partial charge < -0.3 is 19.9 Å². The van der Waals surface area contributed by atoms with Gasteiger partial charge in [0, 0.05) is 55.7 Å². The van der Waals surface area contributed by atoms with Crippen molar-refractivity contribution >= 4 is 29.2 Å². The molecule has 0 saturated carbocycles. The van der Waals surface area contributed by atoms with E-state index in [-0.39, 0.29) is 11.8 Å². The van der Waals surface area contributed by atoms with Crippen LogP contribution in [0.2, 0.25) is 0 Å². The van der Waals surface area contributed by atoms with Crippen molar-refractivity contribution in [2.75, 3.05) is 49.2 Å². The van der Waals surface area contributed by atoms with Gasteiger partial charge in [-0.1, -0.05) is 42.1 Å². The van der Waals surface area contributed by atoms with Gasteiger partial charge in [0.15, 0.2) is 5.82 Å². The number of piperidine rings is 1. The van der Waals surface area contributed by atoms with Crippen LogP contribution in [0.3, 0.4) is 0 Å². The first kappa shape index (κ1) is 23.6. The van der Waals surface area contributed by atoms with E-state index in [9.17, 15) is 4.79 Å². The molecule has 2 aromatic carbocycles. The van der Waals surface area contributed by atoms with Crippen LogP contribution in [-0.4, -0.2) is 55.3 Å². The highest BCUT2D eigenvalue weighted by Gasteiger charge is 2.28. The summed E-state index contributed by atoms with van der Waals surface area (Å²) in [7, 11) is 0. The quantitative estimate of drug-likeness (QED) is 0.538. The van der Waals surface area contributed by atoms with Crippen molar-refractivity contribution < 1.29 is 9.53 Å². The fraction of sp³-hybridized carbons (Fsp3) is 0.370. The smallest absolute Gasteiger partial charge is 0.225 e. The van der Waals surface area contributed by atoms with E-state index < -0.39 is 0 Å². The van der Waals surface area contributed by atoms with E-state index >= 15 is 0 Å². The van der Waals surface area contributed by atoms with E-state index in [1.165, 1.54) is 5.69 Å². The molecule has 3 aromatic rings. The second-order valence-corrected chi connectivity index (χ2v) is 9.93. The molecular weight excluding hydrogens is 458 g/mol. The van der Waals surface area contributed by atoms with Crippen LogP contribution in [-0.2, 0) is 16.1 Å². The number of nitrogens with zero attached hydrogens (tertiary/aromatic N) is 4. The zero-order valence-electron chi connectivity index (χ0n) is 19.8. The molecule has 8 heteroatoms. The number of carbonyl (C=O) groups excluding carboxylic acids is 1. The van der Waals surface area contributed by atoms with Gasteiger partial charge in [-0.3, -0.25) is 4.79 Å². The molecule has 35 heavy (non-hydrogen) atoms. The van der Waals surface area contributed by atoms with E-state index in [1.54, 1.807) is 24.2 Å². The molecule has 0 bridgehead atoms. The number of ether oxygens (including phenoxy) is 1. The second-order valence-electron chi connectivity index (χ2n) is 8.87. The average Bonchev–Trinajstić information content (AvgIpc) is 2.93. The number of hydrogen-bond acceptors (Lipinski definition) is 7. The molecule has 0 spiro atoms. The summed E-state index contributed by atoms with van der Waals surface area (Å²) < 4.78 is 5.44. The first-order chi connectivity index (χ1) is 17.3. The molecule has 0 unspecified atom stereocenters. The number of benzene rings is 2. The molecule has 0 radical (unpaired) electrons. The lowest BCUT2D eigenvalue weighted by Crippen LogP contribution is -2.43. The highest BCUT2D eigenvalue weighted by atomic mass is 32.2. The maximum absolute atomic E-state index is 13.0. The molecule has 1 N–H and O–H groups in total. The summed E-state index contributed by atoms with van der Waals surface area (Å²) in [5.41, 5.74) is 2.32. The standard InChI is InChI=1S/C27H31N5O2S/c33-26(30-19-21-8-10-23(11-9-21)31-15-17-34-18-16-31)22-5-4-14-32(20-22)25-27(29-13-12-28-25)35-24-6-2-1-3-7-24/h1-3,6-13,22H,4-5,14-20H2,(H,30,33)/t22-/m1/s1. The van der Waals surface area contributed by atoms with Gasteiger partial charge in [-0.2, -0.15) is 0 Å². The van der Waals surface area contributed by atoms with Crippen LogP contribution in [0.4, 0.5) is 11.5 Å². The van der Waals surface area contributed by atoms with E-state index in [0.29, 0.717) is 13.1 Å². The lowest BCUT2D eigenvalue weighted by atomic mass is 9.97. The molecule has 5 rings (SSSR count). The molecule has 3 heterocycles. The Hall–Kier alpha value is -3.10. The van der Waals surface area contributed by atoms with Crippen LogP contribution in [0.5, 0.6) is 0 Å². The maximum Gasteiger partial charge on any atom is 0.225 e. The zero-order valence-corrected chi connectivity index (χ0v) is 20.6. The number of rotatable bonds is 7. The number of amides is 1.